The Kier molecular flexibility index (Phi) is 3.99. The lowest BCUT2D eigenvalue weighted by Crippen LogP contribution is -2.21. The fourth-order valence-electron chi connectivity index (χ4n) is 1.78. The molecule has 1 fully saturated rings. The summed E-state index contributed by atoms with van der Waals surface area (Å²) in [5.41, 5.74) is 0.735. The number of halogens is 1. The Hall–Kier alpha value is -0.680. The van der Waals surface area contributed by atoms with Gasteiger partial charge in [-0.3, -0.25) is 9.48 Å². The number of nitrogens with zero attached hydrogens (tertiary/aromatic N) is 3. The minimum Gasteiger partial charge on any atom is -0.308 e. The SMILES string of the molecule is CN(C)CCn1ncc(Br)c1C(=O)CC1CC1. The van der Waals surface area contributed by atoms with Gasteiger partial charge < -0.3 is 4.90 Å². The maximum absolute atomic E-state index is 12.1. The molecule has 0 N–H and O–H groups in total. The van der Waals surface area contributed by atoms with Gasteiger partial charge in [0.25, 0.3) is 0 Å². The van der Waals surface area contributed by atoms with Gasteiger partial charge in [-0.15, -0.1) is 0 Å². The molecule has 5 heteroatoms. The number of carbonyl (C=O) groups is 1. The van der Waals surface area contributed by atoms with E-state index < -0.39 is 0 Å². The summed E-state index contributed by atoms with van der Waals surface area (Å²) in [6.07, 6.45) is 4.80. The fourth-order valence-corrected chi connectivity index (χ4v) is 2.30. The van der Waals surface area contributed by atoms with Crippen LogP contribution in [0.2, 0.25) is 0 Å². The monoisotopic (exact) mass is 299 g/mol. The first-order valence-corrected chi connectivity index (χ1v) is 6.76. The van der Waals surface area contributed by atoms with Gasteiger partial charge in [-0.25, -0.2) is 0 Å². The zero-order chi connectivity index (χ0) is 12.4. The van der Waals surface area contributed by atoms with Gasteiger partial charge in [-0.2, -0.15) is 5.10 Å². The summed E-state index contributed by atoms with van der Waals surface area (Å²) >= 11 is 3.42. The van der Waals surface area contributed by atoms with Crippen LogP contribution in [0.25, 0.3) is 0 Å². The normalized spacial score (nSPS) is 15.5. The second-order valence-corrected chi connectivity index (χ2v) is 5.79. The number of hydrogen-bond donors (Lipinski definition) is 0. The molecule has 0 aliphatic heterocycles. The van der Waals surface area contributed by atoms with Crippen molar-refractivity contribution in [1.82, 2.24) is 14.7 Å². The van der Waals surface area contributed by atoms with E-state index in [2.05, 4.69) is 25.9 Å². The van der Waals surface area contributed by atoms with Gasteiger partial charge in [0.1, 0.15) is 5.69 Å². The van der Waals surface area contributed by atoms with Crippen LogP contribution in [-0.2, 0) is 6.54 Å². The molecule has 0 radical (unpaired) electrons. The summed E-state index contributed by atoms with van der Waals surface area (Å²) in [5.74, 6) is 0.835. The largest absolute Gasteiger partial charge is 0.308 e. The highest BCUT2D eigenvalue weighted by Crippen LogP contribution is 2.34. The molecule has 1 aromatic heterocycles. The molecule has 0 saturated heterocycles. The van der Waals surface area contributed by atoms with E-state index in [4.69, 9.17) is 0 Å². The molecule has 1 heterocycles. The van der Waals surface area contributed by atoms with Crippen LogP contribution in [0.5, 0.6) is 0 Å². The number of carbonyl (C=O) groups excluding carboxylic acids is 1. The molecule has 0 spiro atoms. The lowest BCUT2D eigenvalue weighted by atomic mass is 10.1. The van der Waals surface area contributed by atoms with Gasteiger partial charge >= 0.3 is 0 Å². The molecule has 1 aliphatic rings. The maximum atomic E-state index is 12.1. The smallest absolute Gasteiger partial charge is 0.182 e. The van der Waals surface area contributed by atoms with Gasteiger partial charge in [0, 0.05) is 13.0 Å². The van der Waals surface area contributed by atoms with E-state index in [-0.39, 0.29) is 5.78 Å². The number of rotatable bonds is 6. The Morgan fingerprint density at radius 2 is 2.29 bits per heavy atom. The Bertz CT molecular complexity index is 410. The third-order valence-electron chi connectivity index (χ3n) is 2.99. The third-order valence-corrected chi connectivity index (χ3v) is 3.57. The van der Waals surface area contributed by atoms with Gasteiger partial charge in [-0.1, -0.05) is 0 Å². The molecular weight excluding hydrogens is 282 g/mol. The molecule has 0 bridgehead atoms. The molecule has 17 heavy (non-hydrogen) atoms. The summed E-state index contributed by atoms with van der Waals surface area (Å²) in [6.45, 7) is 1.64. The predicted octanol–water partition coefficient (Wildman–Crippen LogP) is 2.19. The van der Waals surface area contributed by atoms with Gasteiger partial charge in [-0.05, 0) is 48.8 Å². The average Bonchev–Trinajstić information content (AvgIpc) is 2.97. The molecule has 1 aliphatic carbocycles. The van der Waals surface area contributed by atoms with Crippen molar-refractivity contribution in [1.29, 1.82) is 0 Å². The van der Waals surface area contributed by atoms with Crippen molar-refractivity contribution in [3.05, 3.63) is 16.4 Å². The molecule has 1 aromatic rings. The molecular formula is C12H18BrN3O. The molecule has 4 nitrogen and oxygen atoms in total. The lowest BCUT2D eigenvalue weighted by molar-refractivity contribution is 0.0964. The molecule has 0 unspecified atom stereocenters. The van der Waals surface area contributed by atoms with Crippen LogP contribution < -0.4 is 0 Å². The molecule has 2 rings (SSSR count). The van der Waals surface area contributed by atoms with Crippen molar-refractivity contribution in [3.8, 4) is 0 Å². The summed E-state index contributed by atoms with van der Waals surface area (Å²) in [7, 11) is 4.04. The number of aromatic nitrogens is 2. The highest BCUT2D eigenvalue weighted by molar-refractivity contribution is 9.10. The first-order chi connectivity index (χ1) is 8.08. The van der Waals surface area contributed by atoms with E-state index >= 15 is 0 Å². The maximum Gasteiger partial charge on any atom is 0.182 e. The molecule has 0 aromatic carbocycles. The zero-order valence-corrected chi connectivity index (χ0v) is 11.9. The Morgan fingerprint density at radius 3 is 2.88 bits per heavy atom. The van der Waals surface area contributed by atoms with Crippen molar-refractivity contribution in [2.24, 2.45) is 5.92 Å². The number of hydrogen-bond acceptors (Lipinski definition) is 3. The summed E-state index contributed by atoms with van der Waals surface area (Å²) < 4.78 is 2.64. The van der Waals surface area contributed by atoms with Crippen molar-refractivity contribution in [2.45, 2.75) is 25.8 Å². The summed E-state index contributed by atoms with van der Waals surface area (Å²) in [5, 5.41) is 4.26. The van der Waals surface area contributed by atoms with Crippen molar-refractivity contribution in [3.63, 3.8) is 0 Å². The van der Waals surface area contributed by atoms with E-state index in [1.165, 1.54) is 12.8 Å². The summed E-state index contributed by atoms with van der Waals surface area (Å²) in [6, 6.07) is 0. The fraction of sp³-hybridized carbons (Fsp3) is 0.667. The lowest BCUT2D eigenvalue weighted by Gasteiger charge is -2.11. The first-order valence-electron chi connectivity index (χ1n) is 5.97. The third kappa shape index (κ3) is 3.39. The molecule has 94 valence electrons. The van der Waals surface area contributed by atoms with E-state index in [1.807, 2.05) is 18.8 Å². The highest BCUT2D eigenvalue weighted by Gasteiger charge is 2.27. The standard InChI is InChI=1S/C12H18BrN3O/c1-15(2)5-6-16-12(10(13)8-14-16)11(17)7-9-3-4-9/h8-9H,3-7H2,1-2H3. The van der Waals surface area contributed by atoms with E-state index in [9.17, 15) is 4.79 Å². The Labute approximate surface area is 110 Å². The number of Topliss-reactive ketones (excluding diaryl/α,β-unsaturated/α-hetero) is 1. The van der Waals surface area contributed by atoms with Crippen LogP contribution in [0.15, 0.2) is 10.7 Å². The van der Waals surface area contributed by atoms with Gasteiger partial charge in [0.15, 0.2) is 5.78 Å². The van der Waals surface area contributed by atoms with Crippen molar-refractivity contribution in [2.75, 3.05) is 20.6 Å². The Balaban J connectivity index is 2.07. The predicted molar refractivity (Wildman–Crippen MR) is 70.2 cm³/mol. The van der Waals surface area contributed by atoms with Crippen molar-refractivity contribution < 1.29 is 4.79 Å². The second kappa shape index (κ2) is 5.31. The van der Waals surface area contributed by atoms with Crippen LogP contribution >= 0.6 is 15.9 Å². The van der Waals surface area contributed by atoms with Gasteiger partial charge in [0.05, 0.1) is 17.2 Å². The molecule has 0 atom stereocenters. The number of likely N-dealkylation sites (N-methyl/N-ethyl adjacent to an activating group) is 1. The Morgan fingerprint density at radius 1 is 1.59 bits per heavy atom. The minimum absolute atomic E-state index is 0.218. The highest BCUT2D eigenvalue weighted by atomic mass is 79.9. The van der Waals surface area contributed by atoms with Crippen LogP contribution in [-0.4, -0.2) is 41.1 Å². The van der Waals surface area contributed by atoms with Gasteiger partial charge in [0.2, 0.25) is 0 Å². The van der Waals surface area contributed by atoms with Crippen LogP contribution in [0, 0.1) is 5.92 Å². The topological polar surface area (TPSA) is 38.1 Å². The quantitative estimate of drug-likeness (QED) is 0.756. The average molecular weight is 300 g/mol. The number of ketones is 1. The van der Waals surface area contributed by atoms with E-state index in [1.54, 1.807) is 6.20 Å². The summed E-state index contributed by atoms with van der Waals surface area (Å²) in [4.78, 5) is 14.2. The first kappa shape index (κ1) is 12.8. The van der Waals surface area contributed by atoms with Crippen LogP contribution in [0.3, 0.4) is 0 Å². The van der Waals surface area contributed by atoms with Crippen LogP contribution in [0.1, 0.15) is 29.8 Å². The van der Waals surface area contributed by atoms with Crippen molar-refractivity contribution >= 4 is 21.7 Å². The minimum atomic E-state index is 0.218. The van der Waals surface area contributed by atoms with E-state index in [0.29, 0.717) is 12.3 Å². The second-order valence-electron chi connectivity index (χ2n) is 4.94. The molecule has 0 amide bonds. The van der Waals surface area contributed by atoms with E-state index in [0.717, 1.165) is 23.3 Å². The molecule has 1 saturated carbocycles. The zero-order valence-electron chi connectivity index (χ0n) is 10.3. The van der Waals surface area contributed by atoms with Crippen LogP contribution in [0.4, 0.5) is 0 Å².